The van der Waals surface area contributed by atoms with Crippen LogP contribution in [0.25, 0.3) is 0 Å². The second-order valence-corrected chi connectivity index (χ2v) is 4.19. The third-order valence-electron chi connectivity index (χ3n) is 2.74. The first-order valence-electron chi connectivity index (χ1n) is 5.87. The lowest BCUT2D eigenvalue weighted by molar-refractivity contribution is 0.316. The molecule has 0 saturated carbocycles. The van der Waals surface area contributed by atoms with Gasteiger partial charge in [-0.15, -0.1) is 0 Å². The Morgan fingerprint density at radius 1 is 1.35 bits per heavy atom. The molecule has 4 heteroatoms. The molecular formula is C13H18ClN3. The molecule has 0 radical (unpaired) electrons. The second kappa shape index (κ2) is 7.16. The lowest BCUT2D eigenvalue weighted by Crippen LogP contribution is -2.28. The molecule has 0 aliphatic carbocycles. The van der Waals surface area contributed by atoms with Gasteiger partial charge in [-0.2, -0.15) is 5.26 Å². The number of anilines is 1. The maximum Gasteiger partial charge on any atom is 0.101 e. The minimum atomic E-state index is 0.593. The number of nitrogens with one attached hydrogen (secondary N) is 1. The molecule has 0 bridgehead atoms. The Hall–Kier alpha value is -1.24. The molecule has 1 rings (SSSR count). The highest BCUT2D eigenvalue weighted by Crippen LogP contribution is 2.19. The number of benzene rings is 1. The smallest absolute Gasteiger partial charge is 0.101 e. The van der Waals surface area contributed by atoms with Gasteiger partial charge in [-0.1, -0.05) is 25.4 Å². The average molecular weight is 252 g/mol. The summed E-state index contributed by atoms with van der Waals surface area (Å²) in [5, 5.41) is 12.8. The van der Waals surface area contributed by atoms with E-state index < -0.39 is 0 Å². The molecule has 17 heavy (non-hydrogen) atoms. The molecular weight excluding hydrogens is 234 g/mol. The van der Waals surface area contributed by atoms with Gasteiger partial charge in [0.2, 0.25) is 0 Å². The van der Waals surface area contributed by atoms with Crippen LogP contribution in [0.4, 0.5) is 5.69 Å². The standard InChI is InChI=1S/C13H18ClN3/c1-3-17(4-2)8-7-16-13-6-5-12(14)9-11(13)10-15/h5-6,9,16H,3-4,7-8H2,1-2H3. The summed E-state index contributed by atoms with van der Waals surface area (Å²) in [6.07, 6.45) is 0. The molecule has 0 amide bonds. The maximum atomic E-state index is 8.98. The van der Waals surface area contributed by atoms with Gasteiger partial charge >= 0.3 is 0 Å². The van der Waals surface area contributed by atoms with E-state index in [9.17, 15) is 0 Å². The van der Waals surface area contributed by atoms with Gasteiger partial charge in [-0.05, 0) is 31.3 Å². The van der Waals surface area contributed by atoms with Crippen LogP contribution in [0.1, 0.15) is 19.4 Å². The zero-order valence-electron chi connectivity index (χ0n) is 10.3. The van der Waals surface area contributed by atoms with E-state index in [1.807, 2.05) is 6.07 Å². The van der Waals surface area contributed by atoms with Gasteiger partial charge < -0.3 is 10.2 Å². The summed E-state index contributed by atoms with van der Waals surface area (Å²) in [7, 11) is 0. The number of rotatable bonds is 6. The first-order valence-corrected chi connectivity index (χ1v) is 6.25. The lowest BCUT2D eigenvalue weighted by Gasteiger charge is -2.18. The quantitative estimate of drug-likeness (QED) is 0.845. The molecule has 0 aromatic heterocycles. The van der Waals surface area contributed by atoms with Crippen molar-refractivity contribution in [2.45, 2.75) is 13.8 Å². The number of nitriles is 1. The van der Waals surface area contributed by atoms with Crippen LogP contribution in [-0.4, -0.2) is 31.1 Å². The van der Waals surface area contributed by atoms with Crippen LogP contribution in [0.15, 0.2) is 18.2 Å². The normalized spacial score (nSPS) is 10.3. The third kappa shape index (κ3) is 4.26. The van der Waals surface area contributed by atoms with Crippen LogP contribution in [-0.2, 0) is 0 Å². The molecule has 92 valence electrons. The summed E-state index contributed by atoms with van der Waals surface area (Å²) < 4.78 is 0. The molecule has 0 aliphatic heterocycles. The SMILES string of the molecule is CCN(CC)CCNc1ccc(Cl)cc1C#N. The minimum absolute atomic E-state index is 0.593. The van der Waals surface area contributed by atoms with Crippen molar-refractivity contribution in [3.05, 3.63) is 28.8 Å². The van der Waals surface area contributed by atoms with Crippen molar-refractivity contribution in [2.75, 3.05) is 31.5 Å². The number of hydrogen-bond acceptors (Lipinski definition) is 3. The van der Waals surface area contributed by atoms with E-state index in [0.717, 1.165) is 31.9 Å². The predicted octanol–water partition coefficient (Wildman–Crippen LogP) is 2.97. The molecule has 0 atom stereocenters. The number of nitrogens with zero attached hydrogens (tertiary/aromatic N) is 2. The number of hydrogen-bond donors (Lipinski definition) is 1. The summed E-state index contributed by atoms with van der Waals surface area (Å²) in [4.78, 5) is 2.33. The molecule has 1 aromatic rings. The van der Waals surface area contributed by atoms with Crippen LogP contribution in [0.2, 0.25) is 5.02 Å². The Morgan fingerprint density at radius 3 is 2.65 bits per heavy atom. The second-order valence-electron chi connectivity index (χ2n) is 3.76. The Balaban J connectivity index is 2.55. The summed E-state index contributed by atoms with van der Waals surface area (Å²) in [6, 6.07) is 7.47. The lowest BCUT2D eigenvalue weighted by atomic mass is 10.2. The Kier molecular flexibility index (Phi) is 5.82. The summed E-state index contributed by atoms with van der Waals surface area (Å²) >= 11 is 5.84. The van der Waals surface area contributed by atoms with Crippen molar-refractivity contribution in [3.63, 3.8) is 0 Å². The van der Waals surface area contributed by atoms with Crippen molar-refractivity contribution in [3.8, 4) is 6.07 Å². The Bertz CT molecular complexity index is 394. The van der Waals surface area contributed by atoms with Crippen molar-refractivity contribution in [1.29, 1.82) is 5.26 Å². The molecule has 0 saturated heterocycles. The van der Waals surface area contributed by atoms with Gasteiger partial charge in [0.25, 0.3) is 0 Å². The molecule has 1 aromatic carbocycles. The average Bonchev–Trinajstić information content (AvgIpc) is 2.36. The Labute approximate surface area is 108 Å². The topological polar surface area (TPSA) is 39.1 Å². The van der Waals surface area contributed by atoms with Crippen LogP contribution in [0.5, 0.6) is 0 Å². The number of likely N-dealkylation sites (N-methyl/N-ethyl adjacent to an activating group) is 1. The summed E-state index contributed by atoms with van der Waals surface area (Å²) in [5.74, 6) is 0. The largest absolute Gasteiger partial charge is 0.383 e. The van der Waals surface area contributed by atoms with E-state index in [4.69, 9.17) is 16.9 Å². The maximum absolute atomic E-state index is 8.98. The first kappa shape index (κ1) is 13.8. The van der Waals surface area contributed by atoms with E-state index in [0.29, 0.717) is 10.6 Å². The first-order chi connectivity index (χ1) is 8.21. The van der Waals surface area contributed by atoms with E-state index in [1.165, 1.54) is 0 Å². The van der Waals surface area contributed by atoms with Crippen LogP contribution in [0.3, 0.4) is 0 Å². The predicted molar refractivity (Wildman–Crippen MR) is 72.4 cm³/mol. The molecule has 1 N–H and O–H groups in total. The summed E-state index contributed by atoms with van der Waals surface area (Å²) in [5.41, 5.74) is 1.45. The van der Waals surface area contributed by atoms with E-state index in [2.05, 4.69) is 30.1 Å². The molecule has 0 spiro atoms. The third-order valence-corrected chi connectivity index (χ3v) is 2.98. The fourth-order valence-corrected chi connectivity index (χ4v) is 1.82. The van der Waals surface area contributed by atoms with Crippen LogP contribution < -0.4 is 5.32 Å². The van der Waals surface area contributed by atoms with Gasteiger partial charge in [0.1, 0.15) is 6.07 Å². The molecule has 0 unspecified atom stereocenters. The van der Waals surface area contributed by atoms with Gasteiger partial charge in [-0.25, -0.2) is 0 Å². The highest BCUT2D eigenvalue weighted by atomic mass is 35.5. The summed E-state index contributed by atoms with van der Waals surface area (Å²) in [6.45, 7) is 8.19. The monoisotopic (exact) mass is 251 g/mol. The van der Waals surface area contributed by atoms with Crippen LogP contribution >= 0.6 is 11.6 Å². The van der Waals surface area contributed by atoms with E-state index >= 15 is 0 Å². The van der Waals surface area contributed by atoms with Crippen LogP contribution in [0, 0.1) is 11.3 Å². The fraction of sp³-hybridized carbons (Fsp3) is 0.462. The molecule has 3 nitrogen and oxygen atoms in total. The van der Waals surface area contributed by atoms with Gasteiger partial charge in [0.15, 0.2) is 0 Å². The van der Waals surface area contributed by atoms with E-state index in [-0.39, 0.29) is 0 Å². The Morgan fingerprint density at radius 2 is 2.06 bits per heavy atom. The van der Waals surface area contributed by atoms with E-state index in [1.54, 1.807) is 12.1 Å². The number of halogens is 1. The molecule has 0 aliphatic rings. The van der Waals surface area contributed by atoms with Gasteiger partial charge in [0, 0.05) is 18.1 Å². The highest BCUT2D eigenvalue weighted by molar-refractivity contribution is 6.30. The van der Waals surface area contributed by atoms with Crippen molar-refractivity contribution in [1.82, 2.24) is 4.90 Å². The highest BCUT2D eigenvalue weighted by Gasteiger charge is 2.03. The minimum Gasteiger partial charge on any atom is -0.383 e. The zero-order chi connectivity index (χ0) is 12.7. The molecule has 0 heterocycles. The van der Waals surface area contributed by atoms with Crippen molar-refractivity contribution >= 4 is 17.3 Å². The zero-order valence-corrected chi connectivity index (χ0v) is 11.1. The van der Waals surface area contributed by atoms with Crippen molar-refractivity contribution in [2.24, 2.45) is 0 Å². The molecule has 0 fully saturated rings. The fourth-order valence-electron chi connectivity index (χ4n) is 1.65. The van der Waals surface area contributed by atoms with Crippen molar-refractivity contribution < 1.29 is 0 Å². The van der Waals surface area contributed by atoms with Gasteiger partial charge in [-0.3, -0.25) is 0 Å². The van der Waals surface area contributed by atoms with Gasteiger partial charge in [0.05, 0.1) is 11.3 Å².